The Morgan fingerprint density at radius 2 is 2.17 bits per heavy atom. The van der Waals surface area contributed by atoms with Crippen LogP contribution in [0, 0.1) is 0 Å². The van der Waals surface area contributed by atoms with Crippen molar-refractivity contribution >= 4 is 15.9 Å². The number of amides is 1. The Hall–Kier alpha value is -0.660. The average Bonchev–Trinajstić information content (AvgIpc) is 3.13. The number of rotatable bonds is 5. The maximum Gasteiger partial charge on any atom is 0.241 e. The van der Waals surface area contributed by atoms with Crippen LogP contribution >= 0.6 is 0 Å². The van der Waals surface area contributed by atoms with E-state index in [1.165, 1.54) is 4.31 Å². The van der Waals surface area contributed by atoms with Gasteiger partial charge in [0.25, 0.3) is 0 Å². The quantitative estimate of drug-likeness (QED) is 0.748. The number of carbonyl (C=O) groups is 1. The van der Waals surface area contributed by atoms with Crippen LogP contribution in [0.15, 0.2) is 0 Å². The van der Waals surface area contributed by atoms with Crippen molar-refractivity contribution in [2.45, 2.75) is 38.3 Å². The maximum atomic E-state index is 12.1. The Balaban J connectivity index is 2.07. The minimum atomic E-state index is -3.35. The largest absolute Gasteiger partial charge is 0.378 e. The molecule has 0 spiro atoms. The molecule has 1 aliphatic carbocycles. The van der Waals surface area contributed by atoms with E-state index in [2.05, 4.69) is 5.32 Å². The van der Waals surface area contributed by atoms with Gasteiger partial charge in [0, 0.05) is 12.6 Å². The summed E-state index contributed by atoms with van der Waals surface area (Å²) >= 11 is 0. The molecule has 2 aliphatic rings. The fourth-order valence-corrected chi connectivity index (χ4v) is 3.68. The standard InChI is InChI=1S/C11H20N2O4S/c1-2-7-18(15,16)13-5-6-17-8-10(13)11(14)12-9-3-4-9/h9-10H,2-8H2,1H3,(H,12,14). The van der Waals surface area contributed by atoms with Crippen molar-refractivity contribution in [1.82, 2.24) is 9.62 Å². The highest BCUT2D eigenvalue weighted by molar-refractivity contribution is 7.89. The molecule has 0 radical (unpaired) electrons. The summed E-state index contributed by atoms with van der Waals surface area (Å²) in [6.45, 7) is 2.60. The number of nitrogens with one attached hydrogen (secondary N) is 1. The average molecular weight is 276 g/mol. The number of ether oxygens (including phenoxy) is 1. The summed E-state index contributed by atoms with van der Waals surface area (Å²) in [5.41, 5.74) is 0. The van der Waals surface area contributed by atoms with E-state index in [0.29, 0.717) is 13.0 Å². The van der Waals surface area contributed by atoms with E-state index in [1.54, 1.807) is 0 Å². The highest BCUT2D eigenvalue weighted by atomic mass is 32.2. The molecule has 0 bridgehead atoms. The summed E-state index contributed by atoms with van der Waals surface area (Å²) in [5.74, 6) is -0.142. The van der Waals surface area contributed by atoms with Crippen molar-refractivity contribution in [3.05, 3.63) is 0 Å². The topological polar surface area (TPSA) is 75.7 Å². The molecule has 1 N–H and O–H groups in total. The predicted octanol–water partition coefficient (Wildman–Crippen LogP) is -0.294. The predicted molar refractivity (Wildman–Crippen MR) is 66.6 cm³/mol. The SMILES string of the molecule is CCCS(=O)(=O)N1CCOCC1C(=O)NC1CC1. The van der Waals surface area contributed by atoms with Crippen molar-refractivity contribution in [3.8, 4) is 0 Å². The summed E-state index contributed by atoms with van der Waals surface area (Å²) in [6, 6.07) is -0.467. The first-order chi connectivity index (χ1) is 8.54. The molecule has 104 valence electrons. The molecule has 6 nitrogen and oxygen atoms in total. The van der Waals surface area contributed by atoms with E-state index in [9.17, 15) is 13.2 Å². The zero-order valence-corrected chi connectivity index (χ0v) is 11.4. The van der Waals surface area contributed by atoms with Crippen LogP contribution in [-0.2, 0) is 19.6 Å². The zero-order valence-electron chi connectivity index (χ0n) is 10.6. The smallest absolute Gasteiger partial charge is 0.241 e. The van der Waals surface area contributed by atoms with Crippen LogP contribution in [0.1, 0.15) is 26.2 Å². The van der Waals surface area contributed by atoms with Crippen LogP contribution in [0.2, 0.25) is 0 Å². The minimum absolute atomic E-state index is 0.0835. The summed E-state index contributed by atoms with van der Waals surface area (Å²) in [7, 11) is -3.35. The Bertz CT molecular complexity index is 405. The van der Waals surface area contributed by atoms with Crippen molar-refractivity contribution in [2.75, 3.05) is 25.5 Å². The monoisotopic (exact) mass is 276 g/mol. The van der Waals surface area contributed by atoms with E-state index in [0.717, 1.165) is 12.8 Å². The lowest BCUT2D eigenvalue weighted by molar-refractivity contribution is -0.129. The number of hydrogen-bond donors (Lipinski definition) is 1. The Morgan fingerprint density at radius 1 is 1.44 bits per heavy atom. The van der Waals surface area contributed by atoms with Crippen molar-refractivity contribution < 1.29 is 17.9 Å². The van der Waals surface area contributed by atoms with Gasteiger partial charge in [0.1, 0.15) is 6.04 Å². The summed E-state index contributed by atoms with van der Waals surface area (Å²) in [5, 5.41) is 2.84. The second-order valence-corrected chi connectivity index (χ2v) is 6.84. The van der Waals surface area contributed by atoms with Crippen LogP contribution in [0.3, 0.4) is 0 Å². The van der Waals surface area contributed by atoms with Crippen molar-refractivity contribution in [3.63, 3.8) is 0 Å². The molecule has 1 aliphatic heterocycles. The molecular weight excluding hydrogens is 256 g/mol. The lowest BCUT2D eigenvalue weighted by Crippen LogP contribution is -2.56. The zero-order chi connectivity index (χ0) is 13.2. The fourth-order valence-electron chi connectivity index (χ4n) is 2.03. The number of carbonyl (C=O) groups excluding carboxylic acids is 1. The molecular formula is C11H20N2O4S. The van der Waals surface area contributed by atoms with Gasteiger partial charge in [0.05, 0.1) is 19.0 Å². The Morgan fingerprint density at radius 3 is 2.78 bits per heavy atom. The molecule has 0 aromatic rings. The number of morpholine rings is 1. The van der Waals surface area contributed by atoms with Crippen LogP contribution in [0.5, 0.6) is 0 Å². The highest BCUT2D eigenvalue weighted by Gasteiger charge is 2.38. The van der Waals surface area contributed by atoms with E-state index in [-0.39, 0.29) is 30.9 Å². The summed E-state index contributed by atoms with van der Waals surface area (Å²) < 4.78 is 30.7. The second-order valence-electron chi connectivity index (χ2n) is 4.80. The first-order valence-corrected chi connectivity index (χ1v) is 8.03. The highest BCUT2D eigenvalue weighted by Crippen LogP contribution is 2.20. The summed E-state index contributed by atoms with van der Waals surface area (Å²) in [4.78, 5) is 12.0. The molecule has 1 amide bonds. The molecule has 1 unspecified atom stereocenters. The summed E-state index contributed by atoms with van der Waals surface area (Å²) in [6.07, 6.45) is 2.53. The van der Waals surface area contributed by atoms with Gasteiger partial charge in [-0.05, 0) is 19.3 Å². The molecule has 1 heterocycles. The molecule has 0 aromatic carbocycles. The van der Waals surface area contributed by atoms with Crippen molar-refractivity contribution in [1.29, 1.82) is 0 Å². The first kappa shape index (κ1) is 13.8. The lowest BCUT2D eigenvalue weighted by Gasteiger charge is -2.33. The molecule has 2 fully saturated rings. The number of nitrogens with zero attached hydrogens (tertiary/aromatic N) is 1. The minimum Gasteiger partial charge on any atom is -0.378 e. The Kier molecular flexibility index (Phi) is 4.24. The van der Waals surface area contributed by atoms with Gasteiger partial charge in [-0.3, -0.25) is 4.79 Å². The van der Waals surface area contributed by atoms with Crippen LogP contribution in [-0.4, -0.2) is 56.2 Å². The molecule has 7 heteroatoms. The lowest BCUT2D eigenvalue weighted by atomic mass is 10.2. The molecule has 2 rings (SSSR count). The van der Waals surface area contributed by atoms with Gasteiger partial charge >= 0.3 is 0 Å². The molecule has 1 atom stereocenters. The van der Waals surface area contributed by atoms with E-state index < -0.39 is 16.1 Å². The van der Waals surface area contributed by atoms with Gasteiger partial charge < -0.3 is 10.1 Å². The van der Waals surface area contributed by atoms with E-state index >= 15 is 0 Å². The van der Waals surface area contributed by atoms with Gasteiger partial charge in [-0.2, -0.15) is 4.31 Å². The third-order valence-electron chi connectivity index (χ3n) is 3.13. The van der Waals surface area contributed by atoms with Gasteiger partial charge in [-0.25, -0.2) is 8.42 Å². The van der Waals surface area contributed by atoms with Gasteiger partial charge in [0.15, 0.2) is 0 Å². The van der Waals surface area contributed by atoms with E-state index in [4.69, 9.17) is 4.74 Å². The fraction of sp³-hybridized carbons (Fsp3) is 0.909. The first-order valence-electron chi connectivity index (χ1n) is 6.42. The van der Waals surface area contributed by atoms with Crippen molar-refractivity contribution in [2.24, 2.45) is 0 Å². The molecule has 1 saturated carbocycles. The third kappa shape index (κ3) is 3.21. The van der Waals surface area contributed by atoms with Gasteiger partial charge in [-0.1, -0.05) is 6.92 Å². The molecule has 18 heavy (non-hydrogen) atoms. The van der Waals surface area contributed by atoms with Crippen LogP contribution in [0.25, 0.3) is 0 Å². The second kappa shape index (κ2) is 5.54. The van der Waals surface area contributed by atoms with Gasteiger partial charge in [0.2, 0.25) is 15.9 Å². The van der Waals surface area contributed by atoms with Crippen LogP contribution < -0.4 is 5.32 Å². The molecule has 0 aromatic heterocycles. The number of hydrogen-bond acceptors (Lipinski definition) is 4. The number of sulfonamides is 1. The van der Waals surface area contributed by atoms with Gasteiger partial charge in [-0.15, -0.1) is 0 Å². The molecule has 1 saturated heterocycles. The maximum absolute atomic E-state index is 12.1. The normalized spacial score (nSPS) is 25.9. The van der Waals surface area contributed by atoms with E-state index in [1.807, 2.05) is 6.92 Å². The van der Waals surface area contributed by atoms with Crippen LogP contribution in [0.4, 0.5) is 0 Å². The Labute approximate surface area is 108 Å². The third-order valence-corrected chi connectivity index (χ3v) is 5.20.